The van der Waals surface area contributed by atoms with Crippen LogP contribution >= 0.6 is 0 Å². The highest BCUT2D eigenvalue weighted by molar-refractivity contribution is 5.61. The lowest BCUT2D eigenvalue weighted by Gasteiger charge is -2.12. The van der Waals surface area contributed by atoms with Crippen molar-refractivity contribution in [2.24, 2.45) is 7.05 Å². The van der Waals surface area contributed by atoms with E-state index in [1.807, 2.05) is 26.1 Å². The van der Waals surface area contributed by atoms with Gasteiger partial charge in [-0.15, -0.1) is 0 Å². The smallest absolute Gasteiger partial charge is 0.255 e. The van der Waals surface area contributed by atoms with E-state index < -0.39 is 0 Å². The minimum atomic E-state index is 0.0710. The monoisotopic (exact) mass is 270 g/mol. The normalized spacial score (nSPS) is 10.8. The van der Waals surface area contributed by atoms with Gasteiger partial charge in [-0.3, -0.25) is 4.79 Å². The molecule has 0 amide bonds. The Hall–Kier alpha value is -1.87. The van der Waals surface area contributed by atoms with Crippen LogP contribution in [-0.4, -0.2) is 11.1 Å². The molecule has 20 heavy (non-hydrogen) atoms. The van der Waals surface area contributed by atoms with Gasteiger partial charge in [-0.2, -0.15) is 0 Å². The third-order valence-electron chi connectivity index (χ3n) is 3.75. The molecule has 1 heterocycles. The second-order valence-corrected chi connectivity index (χ2v) is 5.19. The zero-order chi connectivity index (χ0) is 14.7. The molecule has 0 bridgehead atoms. The molecule has 1 aromatic heterocycles. The summed E-state index contributed by atoms with van der Waals surface area (Å²) in [6.45, 7) is 7.71. The number of aryl methyl sites for hydroxylation is 2. The van der Waals surface area contributed by atoms with Crippen molar-refractivity contribution in [3.63, 3.8) is 0 Å². The Balaban J connectivity index is 2.45. The molecule has 1 N–H and O–H groups in total. The molecule has 0 unspecified atom stereocenters. The summed E-state index contributed by atoms with van der Waals surface area (Å²) in [5.41, 5.74) is 5.43. The molecule has 0 radical (unpaired) electrons. The van der Waals surface area contributed by atoms with Gasteiger partial charge in [0.2, 0.25) is 0 Å². The van der Waals surface area contributed by atoms with Gasteiger partial charge in [0.25, 0.3) is 5.56 Å². The van der Waals surface area contributed by atoms with E-state index in [9.17, 15) is 4.79 Å². The first kappa shape index (κ1) is 14.5. The van der Waals surface area contributed by atoms with Gasteiger partial charge in [0.1, 0.15) is 0 Å². The standard InChI is InChI=1S/C17H22N2O/c1-5-18-11-15-8-9-16(19(4)17(15)20)14-7-6-12(2)13(3)10-14/h6-10,18H,5,11H2,1-4H3. The Kier molecular flexibility index (Phi) is 4.40. The lowest BCUT2D eigenvalue weighted by atomic mass is 10.0. The van der Waals surface area contributed by atoms with Crippen LogP contribution in [0.25, 0.3) is 11.3 Å². The quantitative estimate of drug-likeness (QED) is 0.927. The van der Waals surface area contributed by atoms with Crippen LogP contribution in [0, 0.1) is 13.8 Å². The average molecular weight is 270 g/mol. The first-order valence-electron chi connectivity index (χ1n) is 7.02. The maximum absolute atomic E-state index is 12.3. The van der Waals surface area contributed by atoms with Gasteiger partial charge < -0.3 is 9.88 Å². The van der Waals surface area contributed by atoms with Crippen LogP contribution in [0.1, 0.15) is 23.6 Å². The molecule has 2 aromatic rings. The molecule has 0 saturated carbocycles. The minimum Gasteiger partial charge on any atom is -0.313 e. The van der Waals surface area contributed by atoms with Gasteiger partial charge in [-0.05, 0) is 49.2 Å². The predicted octanol–water partition coefficient (Wildman–Crippen LogP) is 2.78. The summed E-state index contributed by atoms with van der Waals surface area (Å²) in [6, 6.07) is 10.3. The Labute approximate surface area is 120 Å². The van der Waals surface area contributed by atoms with E-state index in [0.29, 0.717) is 6.54 Å². The average Bonchev–Trinajstić information content (AvgIpc) is 2.44. The number of nitrogens with zero attached hydrogens (tertiary/aromatic N) is 1. The Morgan fingerprint density at radius 1 is 1.10 bits per heavy atom. The molecule has 106 valence electrons. The van der Waals surface area contributed by atoms with E-state index in [1.165, 1.54) is 11.1 Å². The summed E-state index contributed by atoms with van der Waals surface area (Å²) >= 11 is 0. The van der Waals surface area contributed by atoms with Crippen LogP contribution in [0.2, 0.25) is 0 Å². The van der Waals surface area contributed by atoms with Crippen molar-refractivity contribution in [1.82, 2.24) is 9.88 Å². The highest BCUT2D eigenvalue weighted by Gasteiger charge is 2.08. The number of hydrogen-bond acceptors (Lipinski definition) is 2. The highest BCUT2D eigenvalue weighted by atomic mass is 16.1. The Bertz CT molecular complexity index is 671. The van der Waals surface area contributed by atoms with Gasteiger partial charge >= 0.3 is 0 Å². The molecule has 0 aliphatic heterocycles. The van der Waals surface area contributed by atoms with Crippen LogP contribution in [0.5, 0.6) is 0 Å². The zero-order valence-electron chi connectivity index (χ0n) is 12.7. The number of pyridine rings is 1. The number of aromatic nitrogens is 1. The van der Waals surface area contributed by atoms with Gasteiger partial charge in [0.15, 0.2) is 0 Å². The van der Waals surface area contributed by atoms with Crippen molar-refractivity contribution in [1.29, 1.82) is 0 Å². The van der Waals surface area contributed by atoms with Crippen molar-refractivity contribution in [3.8, 4) is 11.3 Å². The molecular weight excluding hydrogens is 248 g/mol. The zero-order valence-corrected chi connectivity index (χ0v) is 12.7. The molecular formula is C17H22N2O. The van der Waals surface area contributed by atoms with Crippen LogP contribution in [0.3, 0.4) is 0 Å². The SMILES string of the molecule is CCNCc1ccc(-c2ccc(C)c(C)c2)n(C)c1=O. The van der Waals surface area contributed by atoms with E-state index in [0.717, 1.165) is 23.4 Å². The topological polar surface area (TPSA) is 34.0 Å². The molecule has 0 atom stereocenters. The third kappa shape index (κ3) is 2.83. The van der Waals surface area contributed by atoms with Crippen molar-refractivity contribution in [3.05, 3.63) is 57.4 Å². The summed E-state index contributed by atoms with van der Waals surface area (Å²) < 4.78 is 1.73. The molecule has 2 rings (SSSR count). The highest BCUT2D eigenvalue weighted by Crippen LogP contribution is 2.20. The van der Waals surface area contributed by atoms with Gasteiger partial charge in [-0.1, -0.05) is 25.1 Å². The molecule has 3 heteroatoms. The van der Waals surface area contributed by atoms with E-state index >= 15 is 0 Å². The number of benzene rings is 1. The van der Waals surface area contributed by atoms with E-state index in [4.69, 9.17) is 0 Å². The molecule has 0 spiro atoms. The molecule has 0 saturated heterocycles. The number of hydrogen-bond donors (Lipinski definition) is 1. The second kappa shape index (κ2) is 6.06. The van der Waals surface area contributed by atoms with Crippen molar-refractivity contribution >= 4 is 0 Å². The molecule has 0 aliphatic rings. The van der Waals surface area contributed by atoms with Crippen molar-refractivity contribution < 1.29 is 0 Å². The van der Waals surface area contributed by atoms with Crippen LogP contribution in [-0.2, 0) is 13.6 Å². The van der Waals surface area contributed by atoms with Crippen LogP contribution in [0.15, 0.2) is 35.1 Å². The third-order valence-corrected chi connectivity index (χ3v) is 3.75. The maximum atomic E-state index is 12.3. The Morgan fingerprint density at radius 2 is 1.85 bits per heavy atom. The molecule has 0 fully saturated rings. The summed E-state index contributed by atoms with van der Waals surface area (Å²) in [5.74, 6) is 0. The lowest BCUT2D eigenvalue weighted by molar-refractivity contribution is 0.708. The van der Waals surface area contributed by atoms with E-state index in [2.05, 4.69) is 37.4 Å². The summed E-state index contributed by atoms with van der Waals surface area (Å²) in [6.07, 6.45) is 0. The lowest BCUT2D eigenvalue weighted by Crippen LogP contribution is -2.26. The number of rotatable bonds is 4. The van der Waals surface area contributed by atoms with Gasteiger partial charge in [0, 0.05) is 19.2 Å². The molecule has 3 nitrogen and oxygen atoms in total. The first-order chi connectivity index (χ1) is 9.54. The Morgan fingerprint density at radius 3 is 2.50 bits per heavy atom. The predicted molar refractivity (Wildman–Crippen MR) is 84.0 cm³/mol. The molecule has 0 aliphatic carbocycles. The van der Waals surface area contributed by atoms with Crippen molar-refractivity contribution in [2.75, 3.05) is 6.54 Å². The van der Waals surface area contributed by atoms with Crippen LogP contribution in [0.4, 0.5) is 0 Å². The fourth-order valence-electron chi connectivity index (χ4n) is 2.27. The van der Waals surface area contributed by atoms with E-state index in [1.54, 1.807) is 4.57 Å². The van der Waals surface area contributed by atoms with Crippen LogP contribution < -0.4 is 10.9 Å². The van der Waals surface area contributed by atoms with Gasteiger partial charge in [0.05, 0.1) is 5.69 Å². The molecule has 1 aromatic carbocycles. The fourth-order valence-corrected chi connectivity index (χ4v) is 2.27. The summed E-state index contributed by atoms with van der Waals surface area (Å²) in [7, 11) is 1.84. The second-order valence-electron chi connectivity index (χ2n) is 5.19. The van der Waals surface area contributed by atoms with Gasteiger partial charge in [-0.25, -0.2) is 0 Å². The summed E-state index contributed by atoms with van der Waals surface area (Å²) in [4.78, 5) is 12.3. The van der Waals surface area contributed by atoms with Crippen molar-refractivity contribution in [2.45, 2.75) is 27.3 Å². The maximum Gasteiger partial charge on any atom is 0.255 e. The largest absolute Gasteiger partial charge is 0.313 e. The minimum absolute atomic E-state index is 0.0710. The number of nitrogens with one attached hydrogen (secondary N) is 1. The first-order valence-corrected chi connectivity index (χ1v) is 7.02. The van der Waals surface area contributed by atoms with E-state index in [-0.39, 0.29) is 5.56 Å². The fraction of sp³-hybridized carbons (Fsp3) is 0.353. The summed E-state index contributed by atoms with van der Waals surface area (Å²) in [5, 5.41) is 3.20.